The lowest BCUT2D eigenvalue weighted by Gasteiger charge is -2.40. The van der Waals surface area contributed by atoms with Crippen molar-refractivity contribution in [1.82, 2.24) is 9.97 Å². The Balaban J connectivity index is 1.14. The van der Waals surface area contributed by atoms with Gasteiger partial charge in [0.15, 0.2) is 5.82 Å². The van der Waals surface area contributed by atoms with Crippen molar-refractivity contribution in [2.75, 3.05) is 0 Å². The van der Waals surface area contributed by atoms with E-state index in [1.165, 1.54) is 22.3 Å². The maximum atomic E-state index is 7.09. The van der Waals surface area contributed by atoms with Gasteiger partial charge in [0.1, 0.15) is 11.5 Å². The Kier molecular flexibility index (Phi) is 7.39. The third-order valence-electron chi connectivity index (χ3n) is 11.4. The molecule has 0 amide bonds. The molecule has 2 heterocycles. The monoisotopic (exact) mass is 714 g/mol. The minimum absolute atomic E-state index is 0.542. The number of aromatic nitrogens is 2. The number of hydrogen-bond donors (Lipinski definition) is 0. The molecule has 0 unspecified atom stereocenters. The normalized spacial score (nSPS) is 12.9. The number of nitrogens with zero attached hydrogens (tertiary/aromatic N) is 2. The smallest absolute Gasteiger partial charge is 0.161 e. The van der Waals surface area contributed by atoms with Crippen molar-refractivity contribution in [2.45, 2.75) is 5.41 Å². The van der Waals surface area contributed by atoms with Crippen molar-refractivity contribution in [3.63, 3.8) is 0 Å². The second-order valence-corrected chi connectivity index (χ2v) is 14.4. The van der Waals surface area contributed by atoms with Gasteiger partial charge in [0.25, 0.3) is 0 Å². The number of benzene rings is 8. The first-order valence-electron chi connectivity index (χ1n) is 19.1. The van der Waals surface area contributed by atoms with Crippen LogP contribution in [0.4, 0.5) is 0 Å². The summed E-state index contributed by atoms with van der Waals surface area (Å²) in [5, 5.41) is 0. The van der Waals surface area contributed by atoms with Crippen molar-refractivity contribution < 1.29 is 4.74 Å². The lowest BCUT2D eigenvalue weighted by molar-refractivity contribution is 0.438. The van der Waals surface area contributed by atoms with E-state index in [2.05, 4.69) is 194 Å². The number of fused-ring (bicyclic) bond motifs is 9. The SMILES string of the molecule is c1ccc(-c2cc(-c3ccccc3)nc(-c3ccccc3-c3ccccc3-c3cccc4c3Oc3ccccc3C43c4ccccc4-c4ccccc43)n2)cc1. The average molecular weight is 715 g/mol. The van der Waals surface area contributed by atoms with Gasteiger partial charge in [-0.15, -0.1) is 0 Å². The van der Waals surface area contributed by atoms with Crippen molar-refractivity contribution in [3.8, 4) is 78.8 Å². The van der Waals surface area contributed by atoms with E-state index in [0.717, 1.165) is 73.0 Å². The second kappa shape index (κ2) is 12.9. The van der Waals surface area contributed by atoms with Gasteiger partial charge >= 0.3 is 0 Å². The van der Waals surface area contributed by atoms with E-state index in [1.54, 1.807) is 0 Å². The molecule has 0 fully saturated rings. The van der Waals surface area contributed by atoms with E-state index >= 15 is 0 Å². The summed E-state index contributed by atoms with van der Waals surface area (Å²) in [6, 6.07) is 72.9. The summed E-state index contributed by atoms with van der Waals surface area (Å²) >= 11 is 0. The Morgan fingerprint density at radius 3 is 1.32 bits per heavy atom. The van der Waals surface area contributed by atoms with Gasteiger partial charge in [-0.25, -0.2) is 9.97 Å². The molecular formula is C53H34N2O. The summed E-state index contributed by atoms with van der Waals surface area (Å²) in [6.07, 6.45) is 0. The van der Waals surface area contributed by atoms with Crippen molar-refractivity contribution >= 4 is 0 Å². The molecule has 0 saturated carbocycles. The molecule has 0 N–H and O–H groups in total. The van der Waals surface area contributed by atoms with Crippen LogP contribution in [0.2, 0.25) is 0 Å². The van der Waals surface area contributed by atoms with E-state index in [9.17, 15) is 0 Å². The van der Waals surface area contributed by atoms with E-state index in [-0.39, 0.29) is 0 Å². The zero-order valence-electron chi connectivity index (χ0n) is 30.4. The molecule has 1 aromatic heterocycles. The highest BCUT2D eigenvalue weighted by atomic mass is 16.5. The van der Waals surface area contributed by atoms with E-state index < -0.39 is 5.41 Å². The van der Waals surface area contributed by atoms with Crippen LogP contribution in [0.25, 0.3) is 67.3 Å². The van der Waals surface area contributed by atoms with Gasteiger partial charge < -0.3 is 4.74 Å². The highest BCUT2D eigenvalue weighted by molar-refractivity contribution is 5.95. The van der Waals surface area contributed by atoms with Gasteiger partial charge in [0, 0.05) is 33.4 Å². The maximum absolute atomic E-state index is 7.09. The predicted molar refractivity (Wildman–Crippen MR) is 227 cm³/mol. The molecular weight excluding hydrogens is 681 g/mol. The molecule has 8 aromatic carbocycles. The Hall–Kier alpha value is -7.36. The fourth-order valence-electron chi connectivity index (χ4n) is 9.04. The molecule has 1 aliphatic carbocycles. The van der Waals surface area contributed by atoms with E-state index in [0.29, 0.717) is 5.82 Å². The first kappa shape index (κ1) is 32.1. The van der Waals surface area contributed by atoms with Crippen molar-refractivity contribution in [1.29, 1.82) is 0 Å². The van der Waals surface area contributed by atoms with Crippen LogP contribution in [0.5, 0.6) is 11.5 Å². The number of hydrogen-bond acceptors (Lipinski definition) is 3. The second-order valence-electron chi connectivity index (χ2n) is 14.4. The zero-order chi connectivity index (χ0) is 37.1. The molecule has 11 rings (SSSR count). The van der Waals surface area contributed by atoms with Gasteiger partial charge in [0.05, 0.1) is 16.8 Å². The van der Waals surface area contributed by atoms with Crippen LogP contribution in [0.3, 0.4) is 0 Å². The van der Waals surface area contributed by atoms with Gasteiger partial charge in [-0.2, -0.15) is 0 Å². The standard InChI is InChI=1S/C53H34N2O/c1-3-18-35(19-4-1)48-34-49(36-20-5-2-6-21-36)55-52(54-48)43-27-10-9-24-39(43)37-22-7-8-23-38(37)42-28-17-32-47-51(42)56-50-33-16-15-31-46(50)53(47)44-29-13-11-25-40(44)41-26-12-14-30-45(41)53/h1-34H. The lowest BCUT2D eigenvalue weighted by Crippen LogP contribution is -2.32. The van der Waals surface area contributed by atoms with Crippen LogP contribution in [0.15, 0.2) is 206 Å². The molecule has 3 heteroatoms. The molecule has 0 saturated heterocycles. The molecule has 1 aliphatic heterocycles. The molecule has 0 bridgehead atoms. The first-order chi connectivity index (χ1) is 27.8. The third-order valence-corrected chi connectivity index (χ3v) is 11.4. The van der Waals surface area contributed by atoms with E-state index in [4.69, 9.17) is 14.7 Å². The van der Waals surface area contributed by atoms with Crippen LogP contribution in [-0.2, 0) is 5.41 Å². The third kappa shape index (κ3) is 4.84. The number of para-hydroxylation sites is 2. The lowest BCUT2D eigenvalue weighted by atomic mass is 9.65. The highest BCUT2D eigenvalue weighted by Crippen LogP contribution is 2.63. The summed E-state index contributed by atoms with van der Waals surface area (Å²) < 4.78 is 7.09. The summed E-state index contributed by atoms with van der Waals surface area (Å²) in [7, 11) is 0. The Morgan fingerprint density at radius 2 is 0.732 bits per heavy atom. The topological polar surface area (TPSA) is 35.0 Å². The summed E-state index contributed by atoms with van der Waals surface area (Å²) in [4.78, 5) is 10.5. The average Bonchev–Trinajstić information content (AvgIpc) is 3.57. The predicted octanol–water partition coefficient (Wildman–Crippen LogP) is 13.3. The Bertz CT molecular complexity index is 2850. The molecule has 0 atom stereocenters. The first-order valence-corrected chi connectivity index (χ1v) is 19.1. The van der Waals surface area contributed by atoms with Gasteiger partial charge in [-0.1, -0.05) is 194 Å². The maximum Gasteiger partial charge on any atom is 0.161 e. The van der Waals surface area contributed by atoms with Gasteiger partial charge in [-0.3, -0.25) is 0 Å². The molecule has 3 nitrogen and oxygen atoms in total. The van der Waals surface area contributed by atoms with Crippen LogP contribution in [0, 0.1) is 0 Å². The van der Waals surface area contributed by atoms with Crippen LogP contribution in [-0.4, -0.2) is 9.97 Å². The Labute approximate surface area is 326 Å². The summed E-state index contributed by atoms with van der Waals surface area (Å²) in [5.74, 6) is 2.42. The van der Waals surface area contributed by atoms with Crippen molar-refractivity contribution in [2.24, 2.45) is 0 Å². The fourth-order valence-corrected chi connectivity index (χ4v) is 9.04. The minimum atomic E-state index is -0.542. The molecule has 2 aliphatic rings. The van der Waals surface area contributed by atoms with E-state index in [1.807, 2.05) is 12.1 Å². The summed E-state index contributed by atoms with van der Waals surface area (Å²) in [5.41, 5.74) is 15.9. The van der Waals surface area contributed by atoms with Crippen molar-refractivity contribution in [3.05, 3.63) is 229 Å². The van der Waals surface area contributed by atoms with Crippen LogP contribution in [0.1, 0.15) is 22.3 Å². The molecule has 0 radical (unpaired) electrons. The molecule has 262 valence electrons. The van der Waals surface area contributed by atoms with Crippen LogP contribution < -0.4 is 4.74 Å². The quantitative estimate of drug-likeness (QED) is 0.178. The number of rotatable bonds is 5. The minimum Gasteiger partial charge on any atom is -0.456 e. The molecule has 9 aromatic rings. The molecule has 1 spiro atoms. The Morgan fingerprint density at radius 1 is 0.321 bits per heavy atom. The molecule has 56 heavy (non-hydrogen) atoms. The fraction of sp³-hybridized carbons (Fsp3) is 0.0189. The number of ether oxygens (including phenoxy) is 1. The van der Waals surface area contributed by atoms with Crippen LogP contribution >= 0.6 is 0 Å². The largest absolute Gasteiger partial charge is 0.456 e. The summed E-state index contributed by atoms with van der Waals surface area (Å²) in [6.45, 7) is 0. The highest BCUT2D eigenvalue weighted by Gasteiger charge is 2.51. The zero-order valence-corrected chi connectivity index (χ0v) is 30.4. The van der Waals surface area contributed by atoms with Gasteiger partial charge in [-0.05, 0) is 51.1 Å². The van der Waals surface area contributed by atoms with Gasteiger partial charge in [0.2, 0.25) is 0 Å².